The van der Waals surface area contributed by atoms with E-state index < -0.39 is 17.0 Å². The monoisotopic (exact) mass is 380 g/mol. The number of amides is 4. The van der Waals surface area contributed by atoms with E-state index in [1.165, 1.54) is 0 Å². The van der Waals surface area contributed by atoms with Crippen LogP contribution in [0.15, 0.2) is 4.99 Å². The van der Waals surface area contributed by atoms with Crippen molar-refractivity contribution in [2.75, 3.05) is 33.2 Å². The normalized spacial score (nSPS) is 24.5. The lowest BCUT2D eigenvalue weighted by Gasteiger charge is -2.39. The van der Waals surface area contributed by atoms with Crippen LogP contribution in [0, 0.1) is 11.3 Å². The van der Waals surface area contributed by atoms with Crippen molar-refractivity contribution in [2.24, 2.45) is 16.3 Å². The molecule has 4 amide bonds. The molecule has 2 heterocycles. The first-order valence-corrected chi connectivity index (χ1v) is 9.45. The number of aliphatic imine (C=N–C) groups is 1. The van der Waals surface area contributed by atoms with Crippen molar-refractivity contribution in [3.8, 4) is 0 Å². The summed E-state index contributed by atoms with van der Waals surface area (Å²) in [6, 6.07) is -0.417. The van der Waals surface area contributed by atoms with Gasteiger partial charge in [-0.2, -0.15) is 0 Å². The molecule has 0 bridgehead atoms. The predicted molar refractivity (Wildman–Crippen MR) is 103 cm³/mol. The molecule has 4 N–H and O–H groups in total. The zero-order valence-corrected chi connectivity index (χ0v) is 16.9. The van der Waals surface area contributed by atoms with Crippen LogP contribution in [-0.4, -0.2) is 67.5 Å². The highest BCUT2D eigenvalue weighted by Crippen LogP contribution is 2.30. The molecule has 0 aromatic heterocycles. The van der Waals surface area contributed by atoms with Gasteiger partial charge < -0.3 is 20.9 Å². The number of likely N-dealkylation sites (tertiary alicyclic amines) is 1. The number of imide groups is 1. The van der Waals surface area contributed by atoms with E-state index in [1.807, 2.05) is 20.8 Å². The number of hydrogen-bond acceptors (Lipinski definition) is 4. The van der Waals surface area contributed by atoms with E-state index in [0.717, 1.165) is 31.9 Å². The fourth-order valence-electron chi connectivity index (χ4n) is 3.46. The van der Waals surface area contributed by atoms with Gasteiger partial charge in [0.25, 0.3) is 5.91 Å². The Balaban J connectivity index is 1.79. The summed E-state index contributed by atoms with van der Waals surface area (Å²) in [4.78, 5) is 41.9. The van der Waals surface area contributed by atoms with Crippen molar-refractivity contribution in [2.45, 2.75) is 46.1 Å². The molecule has 0 aliphatic carbocycles. The minimum atomic E-state index is -0.836. The second-order valence-electron chi connectivity index (χ2n) is 8.35. The summed E-state index contributed by atoms with van der Waals surface area (Å²) in [6.07, 6.45) is 1.57. The Morgan fingerprint density at radius 2 is 1.81 bits per heavy atom. The fourth-order valence-corrected chi connectivity index (χ4v) is 3.46. The molecule has 2 aliphatic heterocycles. The lowest BCUT2D eigenvalue weighted by Crippen LogP contribution is -2.55. The number of carbonyl (C=O) groups excluding carboxylic acids is 3. The smallest absolute Gasteiger partial charge is 0.322 e. The van der Waals surface area contributed by atoms with E-state index in [2.05, 4.69) is 31.2 Å². The van der Waals surface area contributed by atoms with Crippen molar-refractivity contribution in [1.82, 2.24) is 26.2 Å². The summed E-state index contributed by atoms with van der Waals surface area (Å²) in [5.41, 5.74) is -1.24. The minimum Gasteiger partial charge on any atom is -0.354 e. The average molecular weight is 380 g/mol. The Kier molecular flexibility index (Phi) is 6.33. The van der Waals surface area contributed by atoms with Crippen LogP contribution in [0.5, 0.6) is 0 Å². The summed E-state index contributed by atoms with van der Waals surface area (Å²) in [5.74, 6) is 0.640. The van der Waals surface area contributed by atoms with E-state index in [0.29, 0.717) is 13.1 Å². The maximum absolute atomic E-state index is 12.1. The van der Waals surface area contributed by atoms with Crippen molar-refractivity contribution in [3.05, 3.63) is 0 Å². The van der Waals surface area contributed by atoms with Gasteiger partial charge in [-0.05, 0) is 25.7 Å². The number of rotatable bonds is 4. The molecule has 152 valence electrons. The van der Waals surface area contributed by atoms with Crippen LogP contribution in [0.2, 0.25) is 0 Å². The highest BCUT2D eigenvalue weighted by atomic mass is 16.2. The number of hydrogen-bond donors (Lipinski definition) is 4. The van der Waals surface area contributed by atoms with Crippen molar-refractivity contribution in [3.63, 3.8) is 0 Å². The molecule has 0 spiro atoms. The number of piperidine rings is 1. The maximum Gasteiger partial charge on any atom is 0.322 e. The molecule has 27 heavy (non-hydrogen) atoms. The van der Waals surface area contributed by atoms with Gasteiger partial charge in [0.15, 0.2) is 5.96 Å². The van der Waals surface area contributed by atoms with Gasteiger partial charge in [-0.25, -0.2) is 4.79 Å². The SMILES string of the molecule is CN=C(NCCNC(=O)C(C)(C)C)N1CCC(C2(C)NC(=O)NC2=O)CC1. The highest BCUT2D eigenvalue weighted by Gasteiger charge is 2.48. The average Bonchev–Trinajstić information content (AvgIpc) is 2.87. The third-order valence-corrected chi connectivity index (χ3v) is 5.27. The van der Waals surface area contributed by atoms with Gasteiger partial charge in [0.05, 0.1) is 0 Å². The Morgan fingerprint density at radius 1 is 1.22 bits per heavy atom. The summed E-state index contributed by atoms with van der Waals surface area (Å²) < 4.78 is 0. The van der Waals surface area contributed by atoms with Crippen molar-refractivity contribution >= 4 is 23.8 Å². The molecule has 2 aliphatic rings. The van der Waals surface area contributed by atoms with Crippen LogP contribution >= 0.6 is 0 Å². The van der Waals surface area contributed by atoms with E-state index >= 15 is 0 Å². The first-order valence-electron chi connectivity index (χ1n) is 9.45. The second-order valence-corrected chi connectivity index (χ2v) is 8.35. The fraction of sp³-hybridized carbons (Fsp3) is 0.778. The Bertz CT molecular complexity index is 619. The lowest BCUT2D eigenvalue weighted by atomic mass is 9.79. The van der Waals surface area contributed by atoms with Gasteiger partial charge in [0.1, 0.15) is 5.54 Å². The molecule has 0 aromatic rings. The number of nitrogens with one attached hydrogen (secondary N) is 4. The molecule has 2 fully saturated rings. The highest BCUT2D eigenvalue weighted by molar-refractivity contribution is 6.07. The van der Waals surface area contributed by atoms with Crippen LogP contribution in [0.25, 0.3) is 0 Å². The topological polar surface area (TPSA) is 115 Å². The molecule has 0 radical (unpaired) electrons. The Labute approximate surface area is 160 Å². The van der Waals surface area contributed by atoms with Crippen LogP contribution in [-0.2, 0) is 9.59 Å². The maximum atomic E-state index is 12.1. The molecule has 1 atom stereocenters. The summed E-state index contributed by atoms with van der Waals surface area (Å²) >= 11 is 0. The zero-order valence-electron chi connectivity index (χ0n) is 16.9. The third kappa shape index (κ3) is 4.90. The van der Waals surface area contributed by atoms with E-state index in [4.69, 9.17) is 0 Å². The van der Waals surface area contributed by atoms with Crippen LogP contribution in [0.1, 0.15) is 40.5 Å². The number of carbonyl (C=O) groups is 3. The third-order valence-electron chi connectivity index (χ3n) is 5.27. The van der Waals surface area contributed by atoms with Crippen molar-refractivity contribution < 1.29 is 14.4 Å². The largest absolute Gasteiger partial charge is 0.354 e. The van der Waals surface area contributed by atoms with E-state index in [9.17, 15) is 14.4 Å². The van der Waals surface area contributed by atoms with Gasteiger partial charge >= 0.3 is 6.03 Å². The molecule has 9 nitrogen and oxygen atoms in total. The van der Waals surface area contributed by atoms with Gasteiger partial charge in [-0.1, -0.05) is 20.8 Å². The Morgan fingerprint density at radius 3 is 2.30 bits per heavy atom. The number of urea groups is 1. The minimum absolute atomic E-state index is 0.0187. The first kappa shape index (κ1) is 21.0. The molecular formula is C18H32N6O3. The lowest BCUT2D eigenvalue weighted by molar-refractivity contribution is -0.128. The predicted octanol–water partition coefficient (Wildman–Crippen LogP) is 0.0342. The quantitative estimate of drug-likeness (QED) is 0.238. The molecule has 9 heteroatoms. The second kappa shape index (κ2) is 8.14. The zero-order chi connectivity index (χ0) is 20.2. The van der Waals surface area contributed by atoms with Crippen LogP contribution < -0.4 is 21.3 Å². The molecule has 0 saturated carbocycles. The van der Waals surface area contributed by atoms with Crippen LogP contribution in [0.4, 0.5) is 4.79 Å². The molecule has 2 saturated heterocycles. The standard InChI is InChI=1S/C18H32N6O3/c1-17(2,3)13(25)20-8-9-21-15(19-5)24-10-6-12(7-11-24)18(4)14(26)22-16(27)23-18/h12H,6-11H2,1-5H3,(H,19,21)(H,20,25)(H2,22,23,26,27). The number of nitrogens with zero attached hydrogens (tertiary/aromatic N) is 2. The van der Waals surface area contributed by atoms with E-state index in [-0.39, 0.29) is 17.7 Å². The van der Waals surface area contributed by atoms with Gasteiger partial charge in [-0.15, -0.1) is 0 Å². The molecular weight excluding hydrogens is 348 g/mol. The summed E-state index contributed by atoms with van der Waals surface area (Å²) in [7, 11) is 1.73. The van der Waals surface area contributed by atoms with Gasteiger partial charge in [-0.3, -0.25) is 19.9 Å². The first-order chi connectivity index (χ1) is 12.6. The molecule has 2 rings (SSSR count). The number of guanidine groups is 1. The molecule has 1 unspecified atom stereocenters. The van der Waals surface area contributed by atoms with Gasteiger partial charge in [0, 0.05) is 38.6 Å². The molecule has 0 aromatic carbocycles. The van der Waals surface area contributed by atoms with Crippen molar-refractivity contribution in [1.29, 1.82) is 0 Å². The van der Waals surface area contributed by atoms with Crippen LogP contribution in [0.3, 0.4) is 0 Å². The Hall–Kier alpha value is -2.32. The summed E-state index contributed by atoms with van der Waals surface area (Å²) in [5, 5.41) is 11.3. The summed E-state index contributed by atoms with van der Waals surface area (Å²) in [6.45, 7) is 10.0. The van der Waals surface area contributed by atoms with Gasteiger partial charge in [0.2, 0.25) is 5.91 Å². The van der Waals surface area contributed by atoms with E-state index in [1.54, 1.807) is 14.0 Å².